The van der Waals surface area contributed by atoms with E-state index >= 15 is 0 Å². The number of aryl methyl sites for hydroxylation is 2. The molecule has 12 nitrogen and oxygen atoms in total. The zero-order valence-corrected chi connectivity index (χ0v) is 28.0. The summed E-state index contributed by atoms with van der Waals surface area (Å²) >= 11 is 0. The normalized spacial score (nSPS) is 12.0. The molecule has 2 amide bonds. The highest BCUT2D eigenvalue weighted by Crippen LogP contribution is 2.40. The Morgan fingerprint density at radius 1 is 0.646 bits per heavy atom. The van der Waals surface area contributed by atoms with Crippen molar-refractivity contribution < 1.29 is 38.7 Å². The number of aromatic nitrogens is 2. The third-order valence-corrected chi connectivity index (χ3v) is 8.25. The lowest BCUT2D eigenvalue weighted by atomic mass is 9.81. The number of carbonyl (C=O) groups excluding carboxylic acids is 2. The lowest BCUT2D eigenvalue weighted by Gasteiger charge is -2.27. The van der Waals surface area contributed by atoms with Gasteiger partial charge >= 0.3 is 0 Å². The number of phenolic OH excluding ortho intramolecular Hbond substituents is 2. The minimum Gasteiger partial charge on any atom is -0.502 e. The van der Waals surface area contributed by atoms with Crippen molar-refractivity contribution in [3.8, 4) is 34.5 Å². The number of methoxy groups -OCH3 is 4. The molecule has 48 heavy (non-hydrogen) atoms. The van der Waals surface area contributed by atoms with Crippen LogP contribution in [0.5, 0.6) is 34.5 Å². The van der Waals surface area contributed by atoms with E-state index in [0.717, 1.165) is 11.1 Å². The highest BCUT2D eigenvalue weighted by atomic mass is 16.5. The van der Waals surface area contributed by atoms with Crippen LogP contribution < -0.4 is 29.6 Å². The maximum Gasteiger partial charge on any atom is 0.224 e. The second-order valence-electron chi connectivity index (χ2n) is 11.3. The van der Waals surface area contributed by atoms with Crippen molar-refractivity contribution in [1.29, 1.82) is 0 Å². The second-order valence-corrected chi connectivity index (χ2v) is 11.3. The van der Waals surface area contributed by atoms with E-state index in [9.17, 15) is 19.8 Å². The van der Waals surface area contributed by atoms with E-state index in [2.05, 4.69) is 20.6 Å². The van der Waals surface area contributed by atoms with Crippen LogP contribution >= 0.6 is 0 Å². The number of amides is 2. The molecule has 0 radical (unpaired) electrons. The molecule has 0 saturated carbocycles. The molecule has 2 heterocycles. The van der Waals surface area contributed by atoms with E-state index in [1.807, 2.05) is 38.1 Å². The third kappa shape index (κ3) is 8.44. The molecular weight excluding hydrogens is 616 g/mol. The number of pyridine rings is 2. The number of nitrogens with one attached hydrogen (secondary N) is 2. The molecule has 0 spiro atoms. The van der Waals surface area contributed by atoms with Crippen molar-refractivity contribution in [1.82, 2.24) is 20.6 Å². The number of benzene rings is 2. The number of hydrogen-bond acceptors (Lipinski definition) is 10. The first kappa shape index (κ1) is 35.3. The Balaban J connectivity index is 1.79. The summed E-state index contributed by atoms with van der Waals surface area (Å²) in [6, 6.07) is 13.9. The van der Waals surface area contributed by atoms with Gasteiger partial charge in [0.05, 0.1) is 64.8 Å². The van der Waals surface area contributed by atoms with Crippen LogP contribution in [0.1, 0.15) is 33.6 Å². The van der Waals surface area contributed by atoms with Crippen molar-refractivity contribution in [2.45, 2.75) is 39.8 Å². The van der Waals surface area contributed by atoms with Gasteiger partial charge in [0.15, 0.2) is 23.0 Å². The number of nitrogens with zero attached hydrogens (tertiary/aromatic N) is 2. The molecule has 0 unspecified atom stereocenters. The molecule has 0 aliphatic heterocycles. The van der Waals surface area contributed by atoms with Crippen molar-refractivity contribution in [2.75, 3.05) is 28.4 Å². The Labute approximate surface area is 280 Å². The summed E-state index contributed by atoms with van der Waals surface area (Å²) in [6.07, 6.45) is 3.46. The average molecular weight is 659 g/mol. The quantitative estimate of drug-likeness (QED) is 0.146. The fraction of sp³-hybridized carbons (Fsp3) is 0.333. The number of aromatic hydroxyl groups is 2. The molecular formula is C36H42N4O8. The zero-order chi connectivity index (χ0) is 34.8. The van der Waals surface area contributed by atoms with Crippen molar-refractivity contribution >= 4 is 11.8 Å². The summed E-state index contributed by atoms with van der Waals surface area (Å²) in [6.45, 7) is 4.10. The largest absolute Gasteiger partial charge is 0.502 e. The van der Waals surface area contributed by atoms with E-state index in [1.54, 1.807) is 36.7 Å². The van der Waals surface area contributed by atoms with Gasteiger partial charge in [0, 0.05) is 12.4 Å². The lowest BCUT2D eigenvalue weighted by Crippen LogP contribution is -2.44. The van der Waals surface area contributed by atoms with Gasteiger partial charge in [0.25, 0.3) is 0 Å². The zero-order valence-electron chi connectivity index (χ0n) is 28.0. The summed E-state index contributed by atoms with van der Waals surface area (Å²) in [4.78, 5) is 37.3. The Bertz CT molecular complexity index is 1570. The highest BCUT2D eigenvalue weighted by Gasteiger charge is 2.35. The Morgan fingerprint density at radius 3 is 1.27 bits per heavy atom. The molecule has 4 aromatic rings. The summed E-state index contributed by atoms with van der Waals surface area (Å²) in [5.41, 5.74) is 4.38. The summed E-state index contributed by atoms with van der Waals surface area (Å²) in [7, 11) is 5.66. The van der Waals surface area contributed by atoms with E-state index < -0.39 is 23.7 Å². The monoisotopic (exact) mass is 658 g/mol. The van der Waals surface area contributed by atoms with Gasteiger partial charge in [0.2, 0.25) is 23.3 Å². The Morgan fingerprint density at radius 2 is 0.979 bits per heavy atom. The first-order chi connectivity index (χ1) is 23.1. The fourth-order valence-corrected chi connectivity index (χ4v) is 5.49. The van der Waals surface area contributed by atoms with E-state index in [-0.39, 0.29) is 60.4 Å². The molecule has 12 heteroatoms. The molecule has 2 atom stereocenters. The Kier molecular flexibility index (Phi) is 12.0. The van der Waals surface area contributed by atoms with Crippen molar-refractivity contribution in [3.63, 3.8) is 0 Å². The van der Waals surface area contributed by atoms with Gasteiger partial charge in [-0.1, -0.05) is 12.1 Å². The van der Waals surface area contributed by atoms with Crippen LogP contribution in [0.25, 0.3) is 0 Å². The molecule has 0 saturated heterocycles. The smallest absolute Gasteiger partial charge is 0.224 e. The van der Waals surface area contributed by atoms with E-state index in [0.29, 0.717) is 22.5 Å². The molecule has 0 bridgehead atoms. The van der Waals surface area contributed by atoms with E-state index in [4.69, 9.17) is 18.9 Å². The predicted octanol–water partition coefficient (Wildman–Crippen LogP) is 4.19. The fourth-order valence-electron chi connectivity index (χ4n) is 5.49. The van der Waals surface area contributed by atoms with Crippen LogP contribution in [-0.2, 0) is 35.5 Å². The van der Waals surface area contributed by atoms with E-state index in [1.165, 1.54) is 28.4 Å². The summed E-state index contributed by atoms with van der Waals surface area (Å²) in [5.74, 6) is -2.39. The van der Waals surface area contributed by atoms with Gasteiger partial charge in [-0.15, -0.1) is 0 Å². The molecule has 254 valence electrons. The minimum atomic E-state index is -0.941. The van der Waals surface area contributed by atoms with Gasteiger partial charge in [-0.25, -0.2) is 0 Å². The maximum atomic E-state index is 14.2. The molecule has 2 aromatic heterocycles. The number of phenols is 2. The first-order valence-electron chi connectivity index (χ1n) is 15.3. The maximum absolute atomic E-state index is 14.2. The van der Waals surface area contributed by atoms with Crippen LogP contribution in [0.4, 0.5) is 0 Å². The molecule has 0 aliphatic rings. The predicted molar refractivity (Wildman–Crippen MR) is 178 cm³/mol. The van der Waals surface area contributed by atoms with Gasteiger partial charge < -0.3 is 39.8 Å². The van der Waals surface area contributed by atoms with Crippen molar-refractivity contribution in [2.24, 2.45) is 11.8 Å². The third-order valence-electron chi connectivity index (χ3n) is 8.25. The van der Waals surface area contributed by atoms with Crippen molar-refractivity contribution in [3.05, 3.63) is 94.6 Å². The van der Waals surface area contributed by atoms with Gasteiger partial charge in [0.1, 0.15) is 0 Å². The second kappa shape index (κ2) is 16.3. The highest BCUT2D eigenvalue weighted by molar-refractivity contribution is 5.88. The number of rotatable bonds is 15. The molecule has 2 aromatic carbocycles. The topological polar surface area (TPSA) is 161 Å². The average Bonchev–Trinajstić information content (AvgIpc) is 3.09. The van der Waals surface area contributed by atoms with Crippen LogP contribution in [0, 0.1) is 25.7 Å². The molecule has 0 fully saturated rings. The summed E-state index contributed by atoms with van der Waals surface area (Å²) < 4.78 is 21.5. The number of carbonyl (C=O) groups is 2. The first-order valence-corrected chi connectivity index (χ1v) is 15.3. The minimum absolute atomic E-state index is 0.0765. The number of hydrogen-bond donors (Lipinski definition) is 4. The van der Waals surface area contributed by atoms with Crippen LogP contribution in [0.2, 0.25) is 0 Å². The van der Waals surface area contributed by atoms with Gasteiger partial charge in [-0.3, -0.25) is 19.6 Å². The SMILES string of the molecule is COc1cc(C[C@H](C(=O)NCc2ncccc2C)[C@@H](Cc2cc(OC)c(O)c(OC)c2)C(=O)NCc2ncccc2C)cc(OC)c1O. The molecule has 4 N–H and O–H groups in total. The van der Waals surface area contributed by atoms with Crippen LogP contribution in [-0.4, -0.2) is 60.4 Å². The molecule has 4 rings (SSSR count). The number of ether oxygens (including phenoxy) is 4. The molecule has 0 aliphatic carbocycles. The van der Waals surface area contributed by atoms with Crippen LogP contribution in [0.15, 0.2) is 60.9 Å². The van der Waals surface area contributed by atoms with Gasteiger partial charge in [-0.2, -0.15) is 0 Å². The standard InChI is InChI=1S/C36H42N4O8/c1-21-9-7-11-37-27(21)19-39-35(43)25(13-23-15-29(45-3)33(41)30(16-23)46-4)26(36(44)40-20-28-22(2)10-8-12-38-28)14-24-17-31(47-5)34(42)32(18-24)48-6/h7-12,15-18,25-26,41-42H,13-14,19-20H2,1-6H3,(H,39,43)(H,40,44)/t25-,26+. The Hall–Kier alpha value is -5.52. The van der Waals surface area contributed by atoms with Crippen LogP contribution in [0.3, 0.4) is 0 Å². The lowest BCUT2D eigenvalue weighted by molar-refractivity contribution is -0.135. The summed E-state index contributed by atoms with van der Waals surface area (Å²) in [5, 5.41) is 27.1. The van der Waals surface area contributed by atoms with Gasteiger partial charge in [-0.05, 0) is 85.3 Å².